The second-order valence-corrected chi connectivity index (χ2v) is 4.39. The highest BCUT2D eigenvalue weighted by atomic mass is 16.3. The lowest BCUT2D eigenvalue weighted by molar-refractivity contribution is 0.167. The van der Waals surface area contributed by atoms with Crippen molar-refractivity contribution in [3.05, 3.63) is 34.9 Å². The summed E-state index contributed by atoms with van der Waals surface area (Å²) >= 11 is 0. The maximum absolute atomic E-state index is 9.67. The molecule has 1 aromatic rings. The molecule has 0 saturated carbocycles. The van der Waals surface area contributed by atoms with Crippen LogP contribution in [-0.4, -0.2) is 17.8 Å². The summed E-state index contributed by atoms with van der Waals surface area (Å²) in [5, 5.41) is 9.67. The number of benzene rings is 1. The number of fused-ring (bicyclic) bond motifs is 1. The molecular weight excluding hydrogens is 186 g/mol. The molecular formula is C13H19NO. The zero-order valence-corrected chi connectivity index (χ0v) is 9.08. The first kappa shape index (κ1) is 10.7. The van der Waals surface area contributed by atoms with Gasteiger partial charge in [-0.25, -0.2) is 0 Å². The van der Waals surface area contributed by atoms with Crippen molar-refractivity contribution in [2.24, 2.45) is 5.73 Å². The largest absolute Gasteiger partial charge is 0.393 e. The zero-order chi connectivity index (χ0) is 10.7. The molecule has 0 heterocycles. The fraction of sp³-hybridized carbons (Fsp3) is 0.538. The molecule has 0 saturated heterocycles. The van der Waals surface area contributed by atoms with Gasteiger partial charge >= 0.3 is 0 Å². The van der Waals surface area contributed by atoms with Crippen molar-refractivity contribution in [1.29, 1.82) is 0 Å². The normalized spacial score (nSPS) is 16.4. The number of aliphatic hydroxyl groups is 1. The lowest BCUT2D eigenvalue weighted by Gasteiger charge is -2.10. The van der Waals surface area contributed by atoms with Crippen LogP contribution in [0.2, 0.25) is 0 Å². The van der Waals surface area contributed by atoms with Gasteiger partial charge in [-0.1, -0.05) is 18.2 Å². The number of aliphatic hydroxyl groups excluding tert-OH is 1. The van der Waals surface area contributed by atoms with Crippen LogP contribution in [0, 0.1) is 0 Å². The minimum atomic E-state index is -0.283. The van der Waals surface area contributed by atoms with Crippen molar-refractivity contribution in [2.75, 3.05) is 6.54 Å². The van der Waals surface area contributed by atoms with E-state index in [0.717, 1.165) is 6.42 Å². The van der Waals surface area contributed by atoms with Gasteiger partial charge in [-0.05, 0) is 55.3 Å². The van der Waals surface area contributed by atoms with Crippen molar-refractivity contribution in [1.82, 2.24) is 0 Å². The maximum atomic E-state index is 9.67. The summed E-state index contributed by atoms with van der Waals surface area (Å²) in [6.45, 7) is 0.562. The standard InChI is InChI=1S/C13H19NO/c14-7-6-13(15)9-10-4-5-11-2-1-3-12(11)8-10/h4-5,8,13,15H,1-3,6-7,9,14H2. The second-order valence-electron chi connectivity index (χ2n) is 4.39. The van der Waals surface area contributed by atoms with Crippen LogP contribution in [0.4, 0.5) is 0 Å². The molecule has 1 aliphatic carbocycles. The SMILES string of the molecule is NCCC(O)Cc1ccc2c(c1)CCC2. The van der Waals surface area contributed by atoms with Gasteiger partial charge in [0.25, 0.3) is 0 Å². The summed E-state index contributed by atoms with van der Waals surface area (Å²) < 4.78 is 0. The predicted octanol–water partition coefficient (Wildman–Crippen LogP) is 1.43. The van der Waals surface area contributed by atoms with E-state index in [1.807, 2.05) is 0 Å². The molecule has 0 spiro atoms. The third-order valence-corrected chi connectivity index (χ3v) is 3.13. The Labute approximate surface area is 91.1 Å². The Balaban J connectivity index is 2.03. The van der Waals surface area contributed by atoms with E-state index >= 15 is 0 Å². The van der Waals surface area contributed by atoms with Gasteiger partial charge in [-0.2, -0.15) is 0 Å². The fourth-order valence-electron chi connectivity index (χ4n) is 2.32. The van der Waals surface area contributed by atoms with E-state index in [0.29, 0.717) is 13.0 Å². The quantitative estimate of drug-likeness (QED) is 0.781. The molecule has 1 aliphatic rings. The van der Waals surface area contributed by atoms with E-state index in [-0.39, 0.29) is 6.10 Å². The molecule has 1 atom stereocenters. The lowest BCUT2D eigenvalue weighted by atomic mass is 10.0. The first-order valence-corrected chi connectivity index (χ1v) is 5.78. The number of rotatable bonds is 4. The van der Waals surface area contributed by atoms with Gasteiger partial charge in [0, 0.05) is 0 Å². The Morgan fingerprint density at radius 2 is 2.07 bits per heavy atom. The summed E-state index contributed by atoms with van der Waals surface area (Å²) in [4.78, 5) is 0. The van der Waals surface area contributed by atoms with Crippen LogP contribution in [0.1, 0.15) is 29.5 Å². The summed E-state index contributed by atoms with van der Waals surface area (Å²) in [5.41, 5.74) is 9.63. The summed E-state index contributed by atoms with van der Waals surface area (Å²) in [7, 11) is 0. The first-order chi connectivity index (χ1) is 7.29. The zero-order valence-electron chi connectivity index (χ0n) is 9.08. The number of nitrogens with two attached hydrogens (primary N) is 1. The van der Waals surface area contributed by atoms with Crippen molar-refractivity contribution in [3.63, 3.8) is 0 Å². The number of hydrogen-bond donors (Lipinski definition) is 2. The summed E-state index contributed by atoms with van der Waals surface area (Å²) in [5.74, 6) is 0. The Kier molecular flexibility index (Phi) is 3.39. The van der Waals surface area contributed by atoms with Crippen LogP contribution in [0.5, 0.6) is 0 Å². The van der Waals surface area contributed by atoms with Crippen LogP contribution in [0.3, 0.4) is 0 Å². The Morgan fingerprint density at radius 3 is 2.87 bits per heavy atom. The Bertz CT molecular complexity index is 335. The van der Waals surface area contributed by atoms with E-state index < -0.39 is 0 Å². The average molecular weight is 205 g/mol. The average Bonchev–Trinajstić information content (AvgIpc) is 2.65. The minimum absolute atomic E-state index is 0.283. The molecule has 2 rings (SSSR count). The molecule has 1 aromatic carbocycles. The van der Waals surface area contributed by atoms with Crippen LogP contribution >= 0.6 is 0 Å². The lowest BCUT2D eigenvalue weighted by Crippen LogP contribution is -2.16. The van der Waals surface area contributed by atoms with Crippen LogP contribution in [-0.2, 0) is 19.3 Å². The molecule has 82 valence electrons. The van der Waals surface area contributed by atoms with Crippen LogP contribution < -0.4 is 5.73 Å². The Morgan fingerprint density at radius 1 is 1.27 bits per heavy atom. The molecule has 3 N–H and O–H groups in total. The van der Waals surface area contributed by atoms with Gasteiger partial charge < -0.3 is 10.8 Å². The first-order valence-electron chi connectivity index (χ1n) is 5.78. The van der Waals surface area contributed by atoms with E-state index in [9.17, 15) is 5.11 Å². The van der Waals surface area contributed by atoms with Gasteiger partial charge in [0.1, 0.15) is 0 Å². The third-order valence-electron chi connectivity index (χ3n) is 3.13. The van der Waals surface area contributed by atoms with Crippen molar-refractivity contribution in [2.45, 2.75) is 38.2 Å². The van der Waals surface area contributed by atoms with Crippen molar-refractivity contribution in [3.8, 4) is 0 Å². The van der Waals surface area contributed by atoms with Crippen LogP contribution in [0.15, 0.2) is 18.2 Å². The van der Waals surface area contributed by atoms with E-state index in [4.69, 9.17) is 5.73 Å². The van der Waals surface area contributed by atoms with Gasteiger partial charge in [-0.15, -0.1) is 0 Å². The fourth-order valence-corrected chi connectivity index (χ4v) is 2.32. The molecule has 0 amide bonds. The highest BCUT2D eigenvalue weighted by Crippen LogP contribution is 2.23. The van der Waals surface area contributed by atoms with Gasteiger partial charge in [0.15, 0.2) is 0 Å². The molecule has 0 radical (unpaired) electrons. The van der Waals surface area contributed by atoms with Crippen LogP contribution in [0.25, 0.3) is 0 Å². The molecule has 2 nitrogen and oxygen atoms in total. The molecule has 2 heteroatoms. The summed E-state index contributed by atoms with van der Waals surface area (Å²) in [6.07, 6.45) is 4.86. The predicted molar refractivity (Wildman–Crippen MR) is 61.8 cm³/mol. The number of hydrogen-bond acceptors (Lipinski definition) is 2. The molecule has 0 aliphatic heterocycles. The summed E-state index contributed by atoms with van der Waals surface area (Å²) in [6, 6.07) is 6.61. The maximum Gasteiger partial charge on any atom is 0.0592 e. The molecule has 0 bridgehead atoms. The van der Waals surface area contributed by atoms with E-state index in [1.54, 1.807) is 0 Å². The van der Waals surface area contributed by atoms with Gasteiger partial charge in [0.2, 0.25) is 0 Å². The monoisotopic (exact) mass is 205 g/mol. The molecule has 0 aromatic heterocycles. The molecule has 15 heavy (non-hydrogen) atoms. The number of aryl methyl sites for hydroxylation is 2. The second kappa shape index (κ2) is 4.77. The van der Waals surface area contributed by atoms with E-state index in [2.05, 4.69) is 18.2 Å². The van der Waals surface area contributed by atoms with Crippen molar-refractivity contribution >= 4 is 0 Å². The highest BCUT2D eigenvalue weighted by Gasteiger charge is 2.12. The highest BCUT2D eigenvalue weighted by molar-refractivity contribution is 5.35. The van der Waals surface area contributed by atoms with Gasteiger partial charge in [-0.3, -0.25) is 0 Å². The third kappa shape index (κ3) is 2.58. The van der Waals surface area contributed by atoms with Crippen molar-refractivity contribution < 1.29 is 5.11 Å². The molecule has 0 fully saturated rings. The molecule has 1 unspecified atom stereocenters. The minimum Gasteiger partial charge on any atom is -0.393 e. The van der Waals surface area contributed by atoms with E-state index in [1.165, 1.54) is 36.0 Å². The Hall–Kier alpha value is -0.860. The van der Waals surface area contributed by atoms with Gasteiger partial charge in [0.05, 0.1) is 6.10 Å². The topological polar surface area (TPSA) is 46.2 Å². The smallest absolute Gasteiger partial charge is 0.0592 e.